The van der Waals surface area contributed by atoms with Crippen molar-refractivity contribution in [2.75, 3.05) is 39.3 Å². The van der Waals surface area contributed by atoms with E-state index in [2.05, 4.69) is 21.2 Å². The summed E-state index contributed by atoms with van der Waals surface area (Å²) in [5, 5.41) is 2.45. The van der Waals surface area contributed by atoms with Crippen LogP contribution in [0.5, 0.6) is 0 Å². The SMILES string of the molecule is Cl.NCC(=O)NCC(=O)N1CCN(C(=O)c2ccc(Br)cc2)CC1. The summed E-state index contributed by atoms with van der Waals surface area (Å²) in [5.74, 6) is -0.564. The smallest absolute Gasteiger partial charge is 0.253 e. The van der Waals surface area contributed by atoms with Crippen molar-refractivity contribution in [1.82, 2.24) is 15.1 Å². The number of nitrogens with zero attached hydrogens (tertiary/aromatic N) is 2. The number of amides is 3. The number of hydrogen-bond acceptors (Lipinski definition) is 4. The fourth-order valence-electron chi connectivity index (χ4n) is 2.29. The molecule has 0 spiro atoms. The van der Waals surface area contributed by atoms with Gasteiger partial charge in [0.15, 0.2) is 0 Å². The van der Waals surface area contributed by atoms with E-state index in [1.807, 2.05) is 12.1 Å². The molecule has 1 aromatic carbocycles. The summed E-state index contributed by atoms with van der Waals surface area (Å²) in [6.45, 7) is 1.68. The lowest BCUT2D eigenvalue weighted by molar-refractivity contribution is -0.133. The fourth-order valence-corrected chi connectivity index (χ4v) is 2.56. The predicted octanol–water partition coefficient (Wildman–Crippen LogP) is 0.230. The third kappa shape index (κ3) is 5.47. The highest BCUT2D eigenvalue weighted by atomic mass is 79.9. The van der Waals surface area contributed by atoms with Crippen molar-refractivity contribution in [1.29, 1.82) is 0 Å². The summed E-state index contributed by atoms with van der Waals surface area (Å²) in [5.41, 5.74) is 5.80. The molecule has 9 heteroatoms. The van der Waals surface area contributed by atoms with Gasteiger partial charge in [-0.2, -0.15) is 0 Å². The Balaban J connectivity index is 0.00000288. The molecule has 0 aromatic heterocycles. The van der Waals surface area contributed by atoms with Crippen molar-refractivity contribution >= 4 is 46.1 Å². The average molecular weight is 420 g/mol. The number of nitrogens with one attached hydrogen (secondary N) is 1. The van der Waals surface area contributed by atoms with Crippen LogP contribution in [0.15, 0.2) is 28.7 Å². The zero-order valence-corrected chi connectivity index (χ0v) is 15.4. The molecule has 3 amide bonds. The topological polar surface area (TPSA) is 95.7 Å². The van der Waals surface area contributed by atoms with Crippen LogP contribution in [-0.4, -0.2) is 66.8 Å². The number of carbonyl (C=O) groups excluding carboxylic acids is 3. The van der Waals surface area contributed by atoms with Gasteiger partial charge in [-0.1, -0.05) is 15.9 Å². The Morgan fingerprint density at radius 1 is 1.04 bits per heavy atom. The molecule has 1 fully saturated rings. The van der Waals surface area contributed by atoms with E-state index in [4.69, 9.17) is 5.73 Å². The number of halogens is 2. The molecule has 1 heterocycles. The fraction of sp³-hybridized carbons (Fsp3) is 0.400. The Kier molecular flexibility index (Phi) is 8.17. The van der Waals surface area contributed by atoms with Crippen molar-refractivity contribution in [3.05, 3.63) is 34.3 Å². The normalized spacial score (nSPS) is 13.9. The minimum Gasteiger partial charge on any atom is -0.346 e. The van der Waals surface area contributed by atoms with Gasteiger partial charge >= 0.3 is 0 Å². The highest BCUT2D eigenvalue weighted by molar-refractivity contribution is 9.10. The Morgan fingerprint density at radius 3 is 2.12 bits per heavy atom. The van der Waals surface area contributed by atoms with Crippen molar-refractivity contribution in [3.8, 4) is 0 Å². The highest BCUT2D eigenvalue weighted by Crippen LogP contribution is 2.13. The van der Waals surface area contributed by atoms with Gasteiger partial charge < -0.3 is 20.9 Å². The first-order valence-electron chi connectivity index (χ1n) is 7.30. The van der Waals surface area contributed by atoms with Crippen LogP contribution < -0.4 is 11.1 Å². The maximum atomic E-state index is 12.4. The Bertz CT molecular complexity index is 589. The van der Waals surface area contributed by atoms with Gasteiger partial charge in [0.1, 0.15) is 0 Å². The zero-order chi connectivity index (χ0) is 16.8. The van der Waals surface area contributed by atoms with Crippen molar-refractivity contribution in [3.63, 3.8) is 0 Å². The number of benzene rings is 1. The summed E-state index contributed by atoms with van der Waals surface area (Å²) >= 11 is 3.34. The molecule has 0 radical (unpaired) electrons. The summed E-state index contributed by atoms with van der Waals surface area (Å²) in [7, 11) is 0. The quantitative estimate of drug-likeness (QED) is 0.730. The maximum absolute atomic E-state index is 12.4. The van der Waals surface area contributed by atoms with Gasteiger partial charge in [0, 0.05) is 36.2 Å². The molecule has 7 nitrogen and oxygen atoms in total. The average Bonchev–Trinajstić information content (AvgIpc) is 2.59. The molecular formula is C15H20BrClN4O3. The largest absolute Gasteiger partial charge is 0.346 e. The van der Waals surface area contributed by atoms with Gasteiger partial charge in [-0.25, -0.2) is 0 Å². The second-order valence-electron chi connectivity index (χ2n) is 5.16. The molecule has 1 saturated heterocycles. The van der Waals surface area contributed by atoms with E-state index in [0.29, 0.717) is 31.7 Å². The molecular weight excluding hydrogens is 400 g/mol. The number of hydrogen-bond donors (Lipinski definition) is 2. The first kappa shape index (κ1) is 20.4. The summed E-state index contributed by atoms with van der Waals surface area (Å²) in [6.07, 6.45) is 0. The van der Waals surface area contributed by atoms with Gasteiger partial charge in [-0.05, 0) is 24.3 Å². The lowest BCUT2D eigenvalue weighted by Gasteiger charge is -2.34. The van der Waals surface area contributed by atoms with Crippen LogP contribution in [0.2, 0.25) is 0 Å². The molecule has 0 saturated carbocycles. The molecule has 0 bridgehead atoms. The monoisotopic (exact) mass is 418 g/mol. The lowest BCUT2D eigenvalue weighted by Crippen LogP contribution is -2.52. The van der Waals surface area contributed by atoms with Gasteiger partial charge in [-0.15, -0.1) is 12.4 Å². The van der Waals surface area contributed by atoms with Crippen molar-refractivity contribution in [2.24, 2.45) is 5.73 Å². The van der Waals surface area contributed by atoms with E-state index in [9.17, 15) is 14.4 Å². The third-order valence-corrected chi connectivity index (χ3v) is 4.16. The molecule has 132 valence electrons. The first-order valence-corrected chi connectivity index (χ1v) is 8.10. The third-order valence-electron chi connectivity index (χ3n) is 3.63. The van der Waals surface area contributed by atoms with Crippen LogP contribution in [0.3, 0.4) is 0 Å². The van der Waals surface area contributed by atoms with Crippen LogP contribution in [-0.2, 0) is 9.59 Å². The van der Waals surface area contributed by atoms with E-state index in [0.717, 1.165) is 4.47 Å². The lowest BCUT2D eigenvalue weighted by atomic mass is 10.2. The first-order chi connectivity index (χ1) is 11.0. The highest BCUT2D eigenvalue weighted by Gasteiger charge is 2.24. The van der Waals surface area contributed by atoms with Crippen molar-refractivity contribution < 1.29 is 14.4 Å². The second-order valence-corrected chi connectivity index (χ2v) is 6.08. The number of piperazine rings is 1. The van der Waals surface area contributed by atoms with E-state index >= 15 is 0 Å². The predicted molar refractivity (Wildman–Crippen MR) is 95.9 cm³/mol. The molecule has 1 aliphatic heterocycles. The Morgan fingerprint density at radius 2 is 1.58 bits per heavy atom. The van der Waals surface area contributed by atoms with Crippen LogP contribution in [0.1, 0.15) is 10.4 Å². The molecule has 3 N–H and O–H groups in total. The summed E-state index contributed by atoms with van der Waals surface area (Å²) in [4.78, 5) is 38.8. The van der Waals surface area contributed by atoms with Crippen LogP contribution in [0, 0.1) is 0 Å². The van der Waals surface area contributed by atoms with Gasteiger partial charge in [-0.3, -0.25) is 14.4 Å². The Hall–Kier alpha value is -1.64. The minimum atomic E-state index is -0.359. The number of rotatable bonds is 4. The van der Waals surface area contributed by atoms with Gasteiger partial charge in [0.05, 0.1) is 13.1 Å². The Labute approximate surface area is 155 Å². The molecule has 24 heavy (non-hydrogen) atoms. The van der Waals surface area contributed by atoms with Crippen LogP contribution >= 0.6 is 28.3 Å². The summed E-state index contributed by atoms with van der Waals surface area (Å²) in [6, 6.07) is 7.19. The van der Waals surface area contributed by atoms with E-state index in [-0.39, 0.29) is 43.2 Å². The maximum Gasteiger partial charge on any atom is 0.253 e. The molecule has 1 aliphatic rings. The van der Waals surface area contributed by atoms with E-state index in [1.54, 1.807) is 21.9 Å². The van der Waals surface area contributed by atoms with Crippen LogP contribution in [0.25, 0.3) is 0 Å². The van der Waals surface area contributed by atoms with Gasteiger partial charge in [0.25, 0.3) is 5.91 Å². The standard InChI is InChI=1S/C15H19BrN4O3.ClH/c16-12-3-1-11(2-4-12)15(23)20-7-5-19(6-8-20)14(22)10-18-13(21)9-17;/h1-4H,5-10,17H2,(H,18,21);1H. The van der Waals surface area contributed by atoms with Gasteiger partial charge in [0.2, 0.25) is 11.8 Å². The molecule has 0 atom stereocenters. The molecule has 0 aliphatic carbocycles. The number of carbonyl (C=O) groups is 3. The minimum absolute atomic E-state index is 0. The number of nitrogens with two attached hydrogens (primary N) is 1. The van der Waals surface area contributed by atoms with Crippen molar-refractivity contribution in [2.45, 2.75) is 0 Å². The van der Waals surface area contributed by atoms with Crippen LogP contribution in [0.4, 0.5) is 0 Å². The summed E-state index contributed by atoms with van der Waals surface area (Å²) < 4.78 is 0.920. The molecule has 1 aromatic rings. The zero-order valence-electron chi connectivity index (χ0n) is 13.0. The second kappa shape index (κ2) is 9.61. The molecule has 2 rings (SSSR count). The van der Waals surface area contributed by atoms with E-state index in [1.165, 1.54) is 0 Å². The molecule has 0 unspecified atom stereocenters. The van der Waals surface area contributed by atoms with E-state index < -0.39 is 0 Å².